The van der Waals surface area contributed by atoms with Gasteiger partial charge in [0.1, 0.15) is 5.75 Å². The van der Waals surface area contributed by atoms with Crippen LogP contribution in [0, 0.1) is 0 Å². The van der Waals surface area contributed by atoms with Crippen molar-refractivity contribution in [2.75, 3.05) is 7.11 Å². The first-order chi connectivity index (χ1) is 11.7. The topological polar surface area (TPSA) is 72.6 Å². The van der Waals surface area contributed by atoms with Crippen molar-refractivity contribution >= 4 is 47.6 Å². The molecule has 0 bridgehead atoms. The number of nitrogens with two attached hydrogens (primary N) is 1. The van der Waals surface area contributed by atoms with Gasteiger partial charge in [-0.1, -0.05) is 36.4 Å². The Morgan fingerprint density at radius 2 is 1.48 bits per heavy atom. The molecule has 150 valence electrons. The Balaban J connectivity index is 0. The van der Waals surface area contributed by atoms with Crippen molar-refractivity contribution in [2.45, 2.75) is 26.3 Å². The van der Waals surface area contributed by atoms with Gasteiger partial charge >= 0.3 is 0 Å². The molecular weight excluding hydrogens is 411 g/mol. The Kier molecular flexibility index (Phi) is 12.8. The highest BCUT2D eigenvalue weighted by molar-refractivity contribution is 6.67. The van der Waals surface area contributed by atoms with Gasteiger partial charge in [-0.15, -0.1) is 24.8 Å². The Hall–Kier alpha value is -1.79. The molecule has 0 aromatic heterocycles. The number of hydrogen-bond donors (Lipinski definition) is 1. The van der Waals surface area contributed by atoms with Crippen molar-refractivity contribution in [3.05, 3.63) is 65.7 Å². The first-order valence-electron chi connectivity index (χ1n) is 7.65. The third kappa shape index (κ3) is 9.11. The Labute approximate surface area is 177 Å². The molecule has 0 unspecified atom stereocenters. The fraction of sp³-hybridized carbons (Fsp3) is 0.263. The lowest BCUT2D eigenvalue weighted by atomic mass is 10.1. The van der Waals surface area contributed by atoms with Crippen LogP contribution in [-0.2, 0) is 0 Å². The average molecular weight is 436 g/mol. The van der Waals surface area contributed by atoms with Crippen molar-refractivity contribution in [2.24, 2.45) is 5.84 Å². The van der Waals surface area contributed by atoms with Crippen LogP contribution in [0.25, 0.3) is 0 Å². The number of rotatable bonds is 3. The summed E-state index contributed by atoms with van der Waals surface area (Å²) in [6.07, 6.45) is 0. The van der Waals surface area contributed by atoms with E-state index in [1.165, 1.54) is 5.01 Å². The van der Waals surface area contributed by atoms with Crippen LogP contribution in [0.2, 0.25) is 0 Å². The highest BCUT2D eigenvalue weighted by atomic mass is 35.5. The fourth-order valence-electron chi connectivity index (χ4n) is 1.77. The monoisotopic (exact) mass is 434 g/mol. The summed E-state index contributed by atoms with van der Waals surface area (Å²) in [7, 11) is 1.56. The number of hydrazine groups is 1. The molecule has 0 atom stereocenters. The van der Waals surface area contributed by atoms with E-state index in [0.29, 0.717) is 16.9 Å². The van der Waals surface area contributed by atoms with Gasteiger partial charge in [-0.3, -0.25) is 14.6 Å². The minimum absolute atomic E-state index is 0. The quantitative estimate of drug-likeness (QED) is 0.328. The highest BCUT2D eigenvalue weighted by Crippen LogP contribution is 2.17. The molecule has 0 fully saturated rings. The van der Waals surface area contributed by atoms with E-state index in [1.54, 1.807) is 55.6 Å². The largest absolute Gasteiger partial charge is 0.497 e. The number of carbonyl (C=O) groups excluding carboxylic acids is 2. The van der Waals surface area contributed by atoms with Crippen LogP contribution in [0.3, 0.4) is 0 Å². The third-order valence-corrected chi connectivity index (χ3v) is 3.48. The van der Waals surface area contributed by atoms with E-state index < -0.39 is 10.8 Å². The number of carbonyl (C=O) groups is 2. The van der Waals surface area contributed by atoms with Crippen molar-refractivity contribution in [1.82, 2.24) is 5.01 Å². The van der Waals surface area contributed by atoms with E-state index in [-0.39, 0.29) is 30.7 Å². The lowest BCUT2D eigenvalue weighted by molar-refractivity contribution is 0.0581. The average Bonchev–Trinajstić information content (AvgIpc) is 2.61. The number of nitrogens with zero attached hydrogens (tertiary/aromatic N) is 1. The van der Waals surface area contributed by atoms with Crippen molar-refractivity contribution in [1.29, 1.82) is 0 Å². The molecule has 5 nitrogen and oxygen atoms in total. The van der Waals surface area contributed by atoms with E-state index >= 15 is 0 Å². The fourth-order valence-corrected chi connectivity index (χ4v) is 1.89. The molecule has 2 aromatic rings. The summed E-state index contributed by atoms with van der Waals surface area (Å²) in [6, 6.07) is 15.7. The number of amides is 1. The smallest absolute Gasteiger partial charge is 0.268 e. The SMILES string of the molecule is COc1cccc(C(=O)N(N)C(C)(C)C)c1.Cl.Cl.O=C(Cl)c1ccccc1. The second-order valence-electron chi connectivity index (χ2n) is 6.22. The minimum atomic E-state index is -0.407. The second-order valence-corrected chi connectivity index (χ2v) is 6.56. The summed E-state index contributed by atoms with van der Waals surface area (Å²) in [5, 5.41) is 0.817. The van der Waals surface area contributed by atoms with Gasteiger partial charge in [-0.05, 0) is 50.6 Å². The molecule has 0 heterocycles. The molecule has 2 N–H and O–H groups in total. The molecule has 0 spiro atoms. The summed E-state index contributed by atoms with van der Waals surface area (Å²) in [5.74, 6) is 6.19. The zero-order valence-electron chi connectivity index (χ0n) is 15.6. The number of methoxy groups -OCH3 is 1. The molecule has 0 saturated carbocycles. The van der Waals surface area contributed by atoms with Crippen LogP contribution in [0.4, 0.5) is 0 Å². The van der Waals surface area contributed by atoms with Crippen LogP contribution in [0.1, 0.15) is 41.5 Å². The summed E-state index contributed by atoms with van der Waals surface area (Å²) in [5.41, 5.74) is 0.663. The third-order valence-electron chi connectivity index (χ3n) is 3.26. The first-order valence-corrected chi connectivity index (χ1v) is 8.03. The number of ether oxygens (including phenoxy) is 1. The van der Waals surface area contributed by atoms with E-state index in [0.717, 1.165) is 0 Å². The van der Waals surface area contributed by atoms with Gasteiger partial charge in [0.05, 0.1) is 12.6 Å². The summed E-state index contributed by atoms with van der Waals surface area (Å²) in [6.45, 7) is 5.64. The predicted octanol–water partition coefficient (Wildman–Crippen LogP) is 4.72. The van der Waals surface area contributed by atoms with Crippen LogP contribution in [-0.4, -0.2) is 28.8 Å². The van der Waals surface area contributed by atoms with Crippen molar-refractivity contribution < 1.29 is 14.3 Å². The van der Waals surface area contributed by atoms with E-state index in [1.807, 2.05) is 26.8 Å². The number of hydrogen-bond acceptors (Lipinski definition) is 4. The predicted molar refractivity (Wildman–Crippen MR) is 114 cm³/mol. The second kappa shape index (κ2) is 12.6. The van der Waals surface area contributed by atoms with Crippen molar-refractivity contribution in [3.63, 3.8) is 0 Å². The maximum absolute atomic E-state index is 12.0. The molecule has 0 aliphatic rings. The zero-order chi connectivity index (χ0) is 19.0. The molecule has 2 aromatic carbocycles. The molecule has 0 aliphatic carbocycles. The van der Waals surface area contributed by atoms with Crippen LogP contribution >= 0.6 is 36.4 Å². The first kappa shape index (κ1) is 27.4. The van der Waals surface area contributed by atoms with E-state index in [2.05, 4.69) is 0 Å². The molecule has 8 heteroatoms. The van der Waals surface area contributed by atoms with E-state index in [4.69, 9.17) is 22.2 Å². The molecular formula is C19H25Cl3N2O3. The van der Waals surface area contributed by atoms with Gasteiger partial charge in [0, 0.05) is 11.1 Å². The highest BCUT2D eigenvalue weighted by Gasteiger charge is 2.24. The van der Waals surface area contributed by atoms with Gasteiger partial charge < -0.3 is 4.74 Å². The molecule has 0 saturated heterocycles. The standard InChI is InChI=1S/C12H18N2O2.C7H5ClO.2ClH/c1-12(2,3)14(13)11(15)9-6-5-7-10(8-9)16-4;8-7(9)6-4-2-1-3-5-6;;/h5-8H,13H2,1-4H3;1-5H;2*1H. The molecule has 2 rings (SSSR count). The lowest BCUT2D eigenvalue weighted by Gasteiger charge is -2.31. The Morgan fingerprint density at radius 1 is 0.963 bits per heavy atom. The van der Waals surface area contributed by atoms with Gasteiger partial charge in [-0.2, -0.15) is 0 Å². The van der Waals surface area contributed by atoms with Crippen LogP contribution in [0.5, 0.6) is 5.75 Å². The lowest BCUT2D eigenvalue weighted by Crippen LogP contribution is -2.50. The summed E-state index contributed by atoms with van der Waals surface area (Å²) < 4.78 is 5.06. The summed E-state index contributed by atoms with van der Waals surface area (Å²) >= 11 is 5.16. The van der Waals surface area contributed by atoms with Gasteiger partial charge in [0.15, 0.2) is 0 Å². The molecule has 0 aliphatic heterocycles. The van der Waals surface area contributed by atoms with Gasteiger partial charge in [0.2, 0.25) is 0 Å². The zero-order valence-corrected chi connectivity index (χ0v) is 18.0. The van der Waals surface area contributed by atoms with Crippen molar-refractivity contribution in [3.8, 4) is 5.75 Å². The van der Waals surface area contributed by atoms with Gasteiger partial charge in [0.25, 0.3) is 11.1 Å². The Bertz CT molecular complexity index is 720. The Morgan fingerprint density at radius 3 is 1.89 bits per heavy atom. The maximum Gasteiger partial charge on any atom is 0.268 e. The normalized spacial score (nSPS) is 9.56. The minimum Gasteiger partial charge on any atom is -0.497 e. The van der Waals surface area contributed by atoms with Crippen LogP contribution in [0.15, 0.2) is 54.6 Å². The van der Waals surface area contributed by atoms with Gasteiger partial charge in [-0.25, -0.2) is 5.84 Å². The van der Waals surface area contributed by atoms with E-state index in [9.17, 15) is 9.59 Å². The van der Waals surface area contributed by atoms with Crippen LogP contribution < -0.4 is 10.6 Å². The summed E-state index contributed by atoms with van der Waals surface area (Å²) in [4.78, 5) is 22.4. The molecule has 0 radical (unpaired) electrons. The number of halogens is 3. The molecule has 27 heavy (non-hydrogen) atoms. The number of benzene rings is 2. The molecule has 1 amide bonds. The maximum atomic E-state index is 12.0.